The van der Waals surface area contributed by atoms with Crippen molar-refractivity contribution in [3.05, 3.63) is 65.2 Å². The van der Waals surface area contributed by atoms with Gasteiger partial charge in [0, 0.05) is 11.1 Å². The summed E-state index contributed by atoms with van der Waals surface area (Å²) in [6.07, 6.45) is 2.63. The maximum atomic E-state index is 13.3. The summed E-state index contributed by atoms with van der Waals surface area (Å²) in [4.78, 5) is 4.91. The summed E-state index contributed by atoms with van der Waals surface area (Å²) >= 11 is 0. The molecule has 0 atom stereocenters. The van der Waals surface area contributed by atoms with Gasteiger partial charge in [-0.15, -0.1) is 0 Å². The Morgan fingerprint density at radius 1 is 1.10 bits per heavy atom. The average Bonchev–Trinajstić information content (AvgIpc) is 2.48. The highest BCUT2D eigenvalue weighted by atomic mass is 19.2. The molecule has 0 aromatic heterocycles. The molecular formula is C15H12F2NO2. The fraction of sp³-hybridized carbons (Fsp3) is 0.133. The highest BCUT2D eigenvalue weighted by Crippen LogP contribution is 2.15. The predicted molar refractivity (Wildman–Crippen MR) is 70.7 cm³/mol. The average molecular weight is 276 g/mol. The van der Waals surface area contributed by atoms with Gasteiger partial charge in [0.05, 0.1) is 7.11 Å². The topological polar surface area (TPSA) is 30.8 Å². The number of nitrogens with zero attached hydrogens (tertiary/aromatic N) is 1. The molecule has 2 aromatic rings. The number of ether oxygens (including phenoxy) is 1. The third-order valence-electron chi connectivity index (χ3n) is 2.59. The fourth-order valence-corrected chi connectivity index (χ4v) is 1.58. The number of rotatable bonds is 5. The van der Waals surface area contributed by atoms with Crippen LogP contribution >= 0.6 is 0 Å². The molecule has 103 valence electrons. The van der Waals surface area contributed by atoms with E-state index in [0.29, 0.717) is 11.3 Å². The molecule has 2 rings (SSSR count). The molecule has 0 N–H and O–H groups in total. The highest BCUT2D eigenvalue weighted by molar-refractivity contribution is 5.82. The molecule has 0 aliphatic heterocycles. The Morgan fingerprint density at radius 3 is 2.70 bits per heavy atom. The van der Waals surface area contributed by atoms with Gasteiger partial charge < -0.3 is 9.57 Å². The van der Waals surface area contributed by atoms with Crippen molar-refractivity contribution in [2.75, 3.05) is 7.11 Å². The predicted octanol–water partition coefficient (Wildman–Crippen LogP) is 3.40. The SMILES string of the molecule is COc1ccccc1/[C]=N\OCc1cccc(F)c1F. The molecule has 0 spiro atoms. The largest absolute Gasteiger partial charge is 0.496 e. The molecule has 0 amide bonds. The van der Waals surface area contributed by atoms with Crippen LogP contribution in [0.15, 0.2) is 47.6 Å². The second-order valence-corrected chi connectivity index (χ2v) is 3.89. The summed E-state index contributed by atoms with van der Waals surface area (Å²) in [5.74, 6) is -1.25. The minimum atomic E-state index is -0.931. The van der Waals surface area contributed by atoms with Crippen LogP contribution in [0.1, 0.15) is 11.1 Å². The Labute approximate surface area is 115 Å². The van der Waals surface area contributed by atoms with Crippen LogP contribution in [0.4, 0.5) is 8.78 Å². The molecule has 0 fully saturated rings. The lowest BCUT2D eigenvalue weighted by molar-refractivity contribution is 0.129. The number of hydrogen-bond donors (Lipinski definition) is 0. The zero-order valence-electron chi connectivity index (χ0n) is 10.8. The molecule has 20 heavy (non-hydrogen) atoms. The van der Waals surface area contributed by atoms with E-state index in [1.165, 1.54) is 19.2 Å². The molecule has 0 bridgehead atoms. The zero-order chi connectivity index (χ0) is 14.4. The van der Waals surface area contributed by atoms with Gasteiger partial charge in [0.2, 0.25) is 0 Å². The van der Waals surface area contributed by atoms with Gasteiger partial charge >= 0.3 is 0 Å². The van der Waals surface area contributed by atoms with Gasteiger partial charge in [-0.1, -0.05) is 29.4 Å². The number of para-hydroxylation sites is 1. The second-order valence-electron chi connectivity index (χ2n) is 3.89. The second kappa shape index (κ2) is 6.65. The van der Waals surface area contributed by atoms with E-state index in [0.717, 1.165) is 6.07 Å². The Balaban J connectivity index is 1.99. The van der Waals surface area contributed by atoms with E-state index < -0.39 is 11.6 Å². The normalized spacial score (nSPS) is 10.8. The number of hydrogen-bond acceptors (Lipinski definition) is 3. The van der Waals surface area contributed by atoms with Gasteiger partial charge in [-0.2, -0.15) is 0 Å². The van der Waals surface area contributed by atoms with Gasteiger partial charge in [-0.05, 0) is 18.2 Å². The van der Waals surface area contributed by atoms with Gasteiger partial charge in [-0.3, -0.25) is 0 Å². The lowest BCUT2D eigenvalue weighted by Crippen LogP contribution is -1.96. The zero-order valence-corrected chi connectivity index (χ0v) is 10.8. The van der Waals surface area contributed by atoms with Crippen molar-refractivity contribution >= 4 is 6.21 Å². The summed E-state index contributed by atoms with van der Waals surface area (Å²) in [6, 6.07) is 11.0. The van der Waals surface area contributed by atoms with Crippen molar-refractivity contribution in [3.8, 4) is 5.75 Å². The van der Waals surface area contributed by atoms with E-state index in [1.54, 1.807) is 18.2 Å². The quantitative estimate of drug-likeness (QED) is 0.619. The first-order valence-electron chi connectivity index (χ1n) is 5.86. The molecule has 0 aliphatic rings. The van der Waals surface area contributed by atoms with Crippen molar-refractivity contribution in [2.24, 2.45) is 5.16 Å². The van der Waals surface area contributed by atoms with Crippen LogP contribution in [0.2, 0.25) is 0 Å². The highest BCUT2D eigenvalue weighted by Gasteiger charge is 2.07. The van der Waals surface area contributed by atoms with E-state index in [1.807, 2.05) is 6.07 Å². The fourth-order valence-electron chi connectivity index (χ4n) is 1.58. The van der Waals surface area contributed by atoms with E-state index in [9.17, 15) is 8.78 Å². The number of methoxy groups -OCH3 is 1. The van der Waals surface area contributed by atoms with Gasteiger partial charge in [-0.25, -0.2) is 8.78 Å². The van der Waals surface area contributed by atoms with Crippen LogP contribution in [0, 0.1) is 11.6 Å². The molecule has 0 aliphatic carbocycles. The van der Waals surface area contributed by atoms with Gasteiger partial charge in [0.25, 0.3) is 0 Å². The monoisotopic (exact) mass is 276 g/mol. The first-order chi connectivity index (χ1) is 9.72. The Hall–Kier alpha value is -2.43. The molecule has 5 heteroatoms. The number of benzene rings is 2. The smallest absolute Gasteiger partial charge is 0.165 e. The summed E-state index contributed by atoms with van der Waals surface area (Å²) in [5.41, 5.74) is 0.699. The summed E-state index contributed by atoms with van der Waals surface area (Å²) in [6.45, 7) is -0.175. The van der Waals surface area contributed by atoms with Crippen LogP contribution in [0.3, 0.4) is 0 Å². The van der Waals surface area contributed by atoms with Crippen molar-refractivity contribution < 1.29 is 18.4 Å². The first-order valence-corrected chi connectivity index (χ1v) is 5.86. The minimum absolute atomic E-state index is 0.0931. The van der Waals surface area contributed by atoms with Crippen molar-refractivity contribution in [3.63, 3.8) is 0 Å². The van der Waals surface area contributed by atoms with E-state index in [2.05, 4.69) is 11.4 Å². The van der Waals surface area contributed by atoms with E-state index >= 15 is 0 Å². The molecule has 3 nitrogen and oxygen atoms in total. The van der Waals surface area contributed by atoms with Gasteiger partial charge in [0.1, 0.15) is 18.6 Å². The summed E-state index contributed by atoms with van der Waals surface area (Å²) in [7, 11) is 1.53. The molecule has 0 heterocycles. The van der Waals surface area contributed by atoms with Crippen LogP contribution in [-0.2, 0) is 11.4 Å². The molecule has 0 saturated heterocycles. The lowest BCUT2D eigenvalue weighted by Gasteiger charge is -2.03. The number of halogens is 2. The third kappa shape index (κ3) is 3.32. The minimum Gasteiger partial charge on any atom is -0.496 e. The first kappa shape index (κ1) is 14.0. The van der Waals surface area contributed by atoms with E-state index in [4.69, 9.17) is 9.57 Å². The van der Waals surface area contributed by atoms with E-state index in [-0.39, 0.29) is 12.2 Å². The molecular weight excluding hydrogens is 264 g/mol. The standard InChI is InChI=1S/C15H12F2NO2/c1-19-14-8-3-2-5-11(14)9-18-20-10-12-6-4-7-13(16)15(12)17/h2-8H,10H2,1H3. The van der Waals surface area contributed by atoms with Crippen molar-refractivity contribution in [1.82, 2.24) is 0 Å². The van der Waals surface area contributed by atoms with Crippen molar-refractivity contribution in [1.29, 1.82) is 0 Å². The lowest BCUT2D eigenvalue weighted by atomic mass is 10.2. The Kier molecular flexibility index (Phi) is 4.65. The van der Waals surface area contributed by atoms with Crippen molar-refractivity contribution in [2.45, 2.75) is 6.61 Å². The maximum Gasteiger partial charge on any atom is 0.165 e. The molecule has 2 aromatic carbocycles. The summed E-state index contributed by atoms with van der Waals surface area (Å²) in [5, 5.41) is 3.60. The Morgan fingerprint density at radius 2 is 1.90 bits per heavy atom. The summed E-state index contributed by atoms with van der Waals surface area (Å²) < 4.78 is 31.4. The third-order valence-corrected chi connectivity index (χ3v) is 2.59. The molecule has 0 saturated carbocycles. The molecule has 0 unspecified atom stereocenters. The Bertz CT molecular complexity index is 615. The van der Waals surface area contributed by atoms with Crippen LogP contribution in [0.25, 0.3) is 0 Å². The molecule has 1 radical (unpaired) electrons. The van der Waals surface area contributed by atoms with Crippen LogP contribution in [0.5, 0.6) is 5.75 Å². The van der Waals surface area contributed by atoms with Gasteiger partial charge in [0.15, 0.2) is 11.6 Å². The van der Waals surface area contributed by atoms with Crippen LogP contribution < -0.4 is 4.74 Å². The maximum absolute atomic E-state index is 13.3. The van der Waals surface area contributed by atoms with Crippen LogP contribution in [-0.4, -0.2) is 13.3 Å².